The minimum Gasteiger partial charge on any atom is -0.483 e. The molecule has 1 atom stereocenters. The molecule has 146 valence electrons. The van der Waals surface area contributed by atoms with Crippen LogP contribution in [-0.2, 0) is 9.59 Å². The van der Waals surface area contributed by atoms with E-state index in [0.717, 1.165) is 17.4 Å². The third-order valence-corrected chi connectivity index (χ3v) is 4.66. The summed E-state index contributed by atoms with van der Waals surface area (Å²) in [6.07, 6.45) is 1.92. The fourth-order valence-corrected chi connectivity index (χ4v) is 2.83. The Morgan fingerprint density at radius 1 is 1.19 bits per heavy atom. The molecule has 7 nitrogen and oxygen atoms in total. The number of benzene rings is 1. The smallest absolute Gasteiger partial charge is 0.339 e. The minimum atomic E-state index is -1.06. The Bertz CT molecular complexity index is 915. The first-order chi connectivity index (χ1) is 12.8. The first-order valence-electron chi connectivity index (χ1n) is 8.94. The van der Waals surface area contributed by atoms with Gasteiger partial charge >= 0.3 is 11.6 Å². The number of ether oxygens (including phenoxy) is 1. The van der Waals surface area contributed by atoms with Gasteiger partial charge in [-0.25, -0.2) is 9.59 Å². The molecule has 7 heteroatoms. The van der Waals surface area contributed by atoms with Crippen molar-refractivity contribution >= 4 is 22.8 Å². The number of aryl methyl sites for hydroxylation is 2. The van der Waals surface area contributed by atoms with Crippen LogP contribution in [0.2, 0.25) is 0 Å². The van der Waals surface area contributed by atoms with Crippen LogP contribution in [0.15, 0.2) is 21.3 Å². The Hall–Kier alpha value is -2.83. The summed E-state index contributed by atoms with van der Waals surface area (Å²) < 4.78 is 10.9. The molecule has 0 saturated carbocycles. The number of nitrogens with one attached hydrogen (secondary N) is 1. The summed E-state index contributed by atoms with van der Waals surface area (Å²) in [5.74, 6) is -1.17. The highest BCUT2D eigenvalue weighted by Crippen LogP contribution is 2.29. The lowest BCUT2D eigenvalue weighted by Gasteiger charge is -2.15. The maximum absolute atomic E-state index is 12.0. The summed E-state index contributed by atoms with van der Waals surface area (Å²) in [7, 11) is 0. The van der Waals surface area contributed by atoms with Crippen molar-refractivity contribution in [2.24, 2.45) is 0 Å². The van der Waals surface area contributed by atoms with E-state index in [4.69, 9.17) is 9.15 Å². The van der Waals surface area contributed by atoms with Crippen LogP contribution in [0, 0.1) is 20.8 Å². The number of carbonyl (C=O) groups is 2. The lowest BCUT2D eigenvalue weighted by molar-refractivity contribution is -0.142. The van der Waals surface area contributed by atoms with Gasteiger partial charge in [0, 0.05) is 16.5 Å². The van der Waals surface area contributed by atoms with Crippen molar-refractivity contribution in [2.75, 3.05) is 6.61 Å². The van der Waals surface area contributed by atoms with Gasteiger partial charge in [-0.1, -0.05) is 19.8 Å². The van der Waals surface area contributed by atoms with Crippen LogP contribution in [0.1, 0.15) is 42.9 Å². The molecule has 2 rings (SSSR count). The van der Waals surface area contributed by atoms with Crippen LogP contribution in [0.4, 0.5) is 0 Å². The van der Waals surface area contributed by atoms with Crippen LogP contribution in [0.3, 0.4) is 0 Å². The molecule has 2 N–H and O–H groups in total. The maximum atomic E-state index is 12.0. The lowest BCUT2D eigenvalue weighted by Crippen LogP contribution is -2.42. The van der Waals surface area contributed by atoms with Crippen LogP contribution in [0.5, 0.6) is 5.75 Å². The standard InChI is InChI=1S/C20H25NO6/c1-5-6-7-15(19(23)24)21-17(22)10-26-16-9-8-14-11(2)12(3)20(25)27-18(14)13(16)4/h8-9,15H,5-7,10H2,1-4H3,(H,21,22)(H,23,24). The highest BCUT2D eigenvalue weighted by atomic mass is 16.5. The van der Waals surface area contributed by atoms with Crippen LogP contribution in [-0.4, -0.2) is 29.6 Å². The second-order valence-electron chi connectivity index (χ2n) is 6.59. The Labute approximate surface area is 157 Å². The third kappa shape index (κ3) is 4.67. The molecule has 1 unspecified atom stereocenters. The summed E-state index contributed by atoms with van der Waals surface area (Å²) in [6, 6.07) is 2.56. The van der Waals surface area contributed by atoms with E-state index in [1.54, 1.807) is 26.0 Å². The van der Waals surface area contributed by atoms with Gasteiger partial charge in [-0.3, -0.25) is 4.79 Å². The fraction of sp³-hybridized carbons (Fsp3) is 0.450. The van der Waals surface area contributed by atoms with Crippen molar-refractivity contribution in [1.82, 2.24) is 5.32 Å². The molecule has 0 fully saturated rings. The Morgan fingerprint density at radius 3 is 2.52 bits per heavy atom. The number of carboxylic acids is 1. The summed E-state index contributed by atoms with van der Waals surface area (Å²) in [6.45, 7) is 6.94. The molecule has 0 radical (unpaired) electrons. The molecule has 1 heterocycles. The van der Waals surface area contributed by atoms with Gasteiger partial charge in [-0.05, 0) is 44.9 Å². The number of hydrogen-bond donors (Lipinski definition) is 2. The van der Waals surface area contributed by atoms with Crippen molar-refractivity contribution in [3.63, 3.8) is 0 Å². The minimum absolute atomic E-state index is 0.322. The van der Waals surface area contributed by atoms with Crippen LogP contribution < -0.4 is 15.7 Å². The summed E-state index contributed by atoms with van der Waals surface area (Å²) >= 11 is 0. The normalized spacial score (nSPS) is 12.0. The maximum Gasteiger partial charge on any atom is 0.339 e. The molecule has 0 saturated heterocycles. The molecule has 0 spiro atoms. The zero-order valence-electron chi connectivity index (χ0n) is 16.0. The lowest BCUT2D eigenvalue weighted by atomic mass is 10.0. The predicted molar refractivity (Wildman–Crippen MR) is 101 cm³/mol. The first-order valence-corrected chi connectivity index (χ1v) is 8.94. The monoisotopic (exact) mass is 375 g/mol. The second kappa shape index (κ2) is 8.70. The molecule has 0 bridgehead atoms. The quantitative estimate of drug-likeness (QED) is 0.687. The van der Waals surface area contributed by atoms with E-state index in [0.29, 0.717) is 35.3 Å². The van der Waals surface area contributed by atoms with Gasteiger partial charge in [0.1, 0.15) is 17.4 Å². The largest absolute Gasteiger partial charge is 0.483 e. The van der Waals surface area contributed by atoms with E-state index in [1.807, 2.05) is 13.8 Å². The van der Waals surface area contributed by atoms with Gasteiger partial charge in [0.15, 0.2) is 6.61 Å². The van der Waals surface area contributed by atoms with Gasteiger partial charge in [0.25, 0.3) is 5.91 Å². The van der Waals surface area contributed by atoms with Crippen LogP contribution in [0.25, 0.3) is 11.0 Å². The number of amides is 1. The SMILES string of the molecule is CCCCC(NC(=O)COc1ccc2c(C)c(C)c(=O)oc2c1C)C(=O)O. The average molecular weight is 375 g/mol. The van der Waals surface area contributed by atoms with E-state index < -0.39 is 23.5 Å². The molecule has 1 aromatic heterocycles. The zero-order chi connectivity index (χ0) is 20.1. The molecule has 0 aliphatic carbocycles. The van der Waals surface area contributed by atoms with Gasteiger partial charge in [-0.15, -0.1) is 0 Å². The summed E-state index contributed by atoms with van der Waals surface area (Å²) in [4.78, 5) is 35.2. The number of carboxylic acid groups (broad SMARTS) is 1. The fourth-order valence-electron chi connectivity index (χ4n) is 2.83. The van der Waals surface area contributed by atoms with Gasteiger partial charge in [-0.2, -0.15) is 0 Å². The molecule has 1 aromatic carbocycles. The predicted octanol–water partition coefficient (Wildman–Crippen LogP) is 2.86. The van der Waals surface area contributed by atoms with E-state index >= 15 is 0 Å². The van der Waals surface area contributed by atoms with Gasteiger partial charge in [0.05, 0.1) is 0 Å². The molecular formula is C20H25NO6. The number of unbranched alkanes of at least 4 members (excludes halogenated alkanes) is 1. The van der Waals surface area contributed by atoms with Crippen molar-refractivity contribution in [2.45, 2.75) is 53.0 Å². The Morgan fingerprint density at radius 2 is 1.89 bits per heavy atom. The molecular weight excluding hydrogens is 350 g/mol. The number of hydrogen-bond acceptors (Lipinski definition) is 5. The van der Waals surface area contributed by atoms with E-state index in [9.17, 15) is 19.5 Å². The summed E-state index contributed by atoms with van der Waals surface area (Å²) in [5.41, 5.74) is 2.03. The van der Waals surface area contributed by atoms with E-state index in [1.165, 1.54) is 0 Å². The van der Waals surface area contributed by atoms with Gasteiger partial charge in [0.2, 0.25) is 0 Å². The number of fused-ring (bicyclic) bond motifs is 1. The first kappa shape index (κ1) is 20.5. The zero-order valence-corrected chi connectivity index (χ0v) is 16.0. The average Bonchev–Trinajstić information content (AvgIpc) is 2.63. The third-order valence-electron chi connectivity index (χ3n) is 4.66. The molecule has 1 amide bonds. The van der Waals surface area contributed by atoms with E-state index in [2.05, 4.69) is 5.32 Å². The Balaban J connectivity index is 2.14. The van der Waals surface area contributed by atoms with Crippen molar-refractivity contribution in [3.05, 3.63) is 39.2 Å². The second-order valence-corrected chi connectivity index (χ2v) is 6.59. The molecule has 0 aliphatic heterocycles. The van der Waals surface area contributed by atoms with Gasteiger partial charge < -0.3 is 19.6 Å². The van der Waals surface area contributed by atoms with E-state index in [-0.39, 0.29) is 6.61 Å². The molecule has 2 aromatic rings. The highest BCUT2D eigenvalue weighted by molar-refractivity contribution is 5.86. The van der Waals surface area contributed by atoms with Crippen molar-refractivity contribution in [3.8, 4) is 5.75 Å². The van der Waals surface area contributed by atoms with Crippen molar-refractivity contribution < 1.29 is 23.8 Å². The van der Waals surface area contributed by atoms with Crippen molar-refractivity contribution in [1.29, 1.82) is 0 Å². The highest BCUT2D eigenvalue weighted by Gasteiger charge is 2.20. The van der Waals surface area contributed by atoms with Crippen LogP contribution >= 0.6 is 0 Å². The molecule has 27 heavy (non-hydrogen) atoms. The molecule has 0 aliphatic rings. The topological polar surface area (TPSA) is 106 Å². The summed E-state index contributed by atoms with van der Waals surface area (Å²) in [5, 5.41) is 12.5. The number of carbonyl (C=O) groups excluding carboxylic acids is 1. The number of rotatable bonds is 8. The Kier molecular flexibility index (Phi) is 6.60. The number of aliphatic carboxylic acids is 1.